The van der Waals surface area contributed by atoms with Crippen molar-refractivity contribution in [2.45, 2.75) is 88.9 Å². The predicted molar refractivity (Wildman–Crippen MR) is 199 cm³/mol. The number of nitriles is 1. The summed E-state index contributed by atoms with van der Waals surface area (Å²) < 4.78 is 13.8. The van der Waals surface area contributed by atoms with E-state index in [0.29, 0.717) is 30.6 Å². The molecule has 9 nitrogen and oxygen atoms in total. The van der Waals surface area contributed by atoms with Crippen LogP contribution < -0.4 is 10.1 Å². The molecule has 0 radical (unpaired) electrons. The Morgan fingerprint density at radius 1 is 1.02 bits per heavy atom. The van der Waals surface area contributed by atoms with Gasteiger partial charge in [0.25, 0.3) is 0 Å². The number of pyridine rings is 1. The van der Waals surface area contributed by atoms with Gasteiger partial charge in [0.1, 0.15) is 17.9 Å². The number of nitrogens with one attached hydrogen (secondary N) is 1. The van der Waals surface area contributed by atoms with Gasteiger partial charge in [-0.2, -0.15) is 10.4 Å². The van der Waals surface area contributed by atoms with Crippen molar-refractivity contribution in [2.24, 2.45) is 5.10 Å². The Bertz CT molecular complexity index is 1720. The van der Waals surface area contributed by atoms with Gasteiger partial charge in [-0.15, -0.1) is 0 Å². The molecule has 0 saturated carbocycles. The van der Waals surface area contributed by atoms with Crippen LogP contribution in [-0.2, 0) is 25.8 Å². The Morgan fingerprint density at radius 3 is 2.40 bits per heavy atom. The number of fused-ring (bicyclic) bond motifs is 1. The third-order valence-electron chi connectivity index (χ3n) is 8.39. The zero-order valence-electron chi connectivity index (χ0n) is 29.8. The normalized spacial score (nSPS) is 17.9. The largest absolute Gasteiger partial charge is 0.489 e. The van der Waals surface area contributed by atoms with Gasteiger partial charge < -0.3 is 19.9 Å². The number of piperidine rings is 1. The van der Waals surface area contributed by atoms with Crippen LogP contribution in [0.4, 0.5) is 0 Å². The van der Waals surface area contributed by atoms with Crippen molar-refractivity contribution in [3.63, 3.8) is 0 Å². The Hall–Kier alpha value is -3.19. The SMILES string of the molecule is CC.CC(C)(C)O.N#Cc1cc(-c2cn(Sc3ccccc3)c3ncc(C4C=NN(C5CCNCC5)C4)cc23)ccc1OC1CCOCC1.[W]. The van der Waals surface area contributed by atoms with E-state index in [0.717, 1.165) is 77.9 Å². The molecule has 0 bridgehead atoms. The van der Waals surface area contributed by atoms with Gasteiger partial charge in [-0.25, -0.2) is 4.98 Å². The van der Waals surface area contributed by atoms with Gasteiger partial charge in [0.2, 0.25) is 0 Å². The average Bonchev–Trinajstić information content (AvgIpc) is 3.76. The number of benzene rings is 2. The van der Waals surface area contributed by atoms with E-state index < -0.39 is 5.60 Å². The molecule has 2 saturated heterocycles. The predicted octanol–water partition coefficient (Wildman–Crippen LogP) is 7.63. The number of aliphatic hydroxyl groups is 1. The molecule has 2 N–H and O–H groups in total. The molecule has 1 unspecified atom stereocenters. The summed E-state index contributed by atoms with van der Waals surface area (Å²) in [6.07, 6.45) is 10.2. The van der Waals surface area contributed by atoms with Gasteiger partial charge in [0, 0.05) is 86.9 Å². The van der Waals surface area contributed by atoms with Crippen LogP contribution in [0.15, 0.2) is 77.0 Å². The maximum Gasteiger partial charge on any atom is 0.150 e. The first kappa shape index (κ1) is 39.6. The molecule has 0 amide bonds. The summed E-state index contributed by atoms with van der Waals surface area (Å²) in [5.74, 6) is 0.828. The third-order valence-corrected chi connectivity index (χ3v) is 9.35. The summed E-state index contributed by atoms with van der Waals surface area (Å²) in [6.45, 7) is 13.6. The molecule has 1 atom stereocenters. The number of aromatic nitrogens is 2. The number of hydrogen-bond acceptors (Lipinski definition) is 9. The summed E-state index contributed by atoms with van der Waals surface area (Å²) in [5, 5.41) is 30.2. The number of hydrazone groups is 1. The first-order valence-electron chi connectivity index (χ1n) is 17.5. The fourth-order valence-corrected chi connectivity index (χ4v) is 6.95. The van der Waals surface area contributed by atoms with Gasteiger partial charge in [0.15, 0.2) is 5.65 Å². The van der Waals surface area contributed by atoms with Crippen LogP contribution in [0.1, 0.15) is 77.3 Å². The maximum atomic E-state index is 10.1. The topological polar surface area (TPSA) is 108 Å². The molecule has 2 fully saturated rings. The number of hydrogen-bond donors (Lipinski definition) is 2. The summed E-state index contributed by atoms with van der Waals surface area (Å²) in [4.78, 5) is 6.12. The second-order valence-corrected chi connectivity index (χ2v) is 14.4. The first-order valence-corrected chi connectivity index (χ1v) is 18.3. The van der Waals surface area contributed by atoms with Gasteiger partial charge in [-0.1, -0.05) is 38.1 Å². The van der Waals surface area contributed by atoms with E-state index >= 15 is 0 Å². The summed E-state index contributed by atoms with van der Waals surface area (Å²) >= 11 is 1.64. The van der Waals surface area contributed by atoms with E-state index in [1.807, 2.05) is 50.4 Å². The van der Waals surface area contributed by atoms with Crippen molar-refractivity contribution in [1.29, 1.82) is 5.26 Å². The van der Waals surface area contributed by atoms with E-state index in [1.165, 1.54) is 0 Å². The van der Waals surface area contributed by atoms with E-state index in [1.54, 1.807) is 32.7 Å². The minimum absolute atomic E-state index is 0. The van der Waals surface area contributed by atoms with E-state index in [-0.39, 0.29) is 33.1 Å². The average molecular weight is 867 g/mol. The molecule has 266 valence electrons. The summed E-state index contributed by atoms with van der Waals surface area (Å²) in [6, 6.07) is 21.4. The maximum absolute atomic E-state index is 10.1. The second-order valence-electron chi connectivity index (χ2n) is 13.3. The molecule has 11 heteroatoms. The summed E-state index contributed by atoms with van der Waals surface area (Å²) in [5.41, 5.74) is 4.11. The minimum atomic E-state index is -0.500. The monoisotopic (exact) mass is 866 g/mol. The Labute approximate surface area is 315 Å². The second kappa shape index (κ2) is 18.9. The van der Waals surface area contributed by atoms with Crippen molar-refractivity contribution in [1.82, 2.24) is 19.3 Å². The van der Waals surface area contributed by atoms with Crippen LogP contribution in [0.3, 0.4) is 0 Å². The zero-order chi connectivity index (χ0) is 34.8. The van der Waals surface area contributed by atoms with Gasteiger partial charge in [-0.3, -0.25) is 8.98 Å². The van der Waals surface area contributed by atoms with Crippen LogP contribution in [0.5, 0.6) is 5.75 Å². The van der Waals surface area contributed by atoms with Crippen molar-refractivity contribution in [3.8, 4) is 22.9 Å². The molecule has 50 heavy (non-hydrogen) atoms. The molecule has 3 aliphatic heterocycles. The molecular formula is C39H50N6O3SW. The van der Waals surface area contributed by atoms with Crippen LogP contribution in [0.25, 0.3) is 22.2 Å². The summed E-state index contributed by atoms with van der Waals surface area (Å²) in [7, 11) is 0. The molecule has 7 rings (SSSR count). The van der Waals surface area contributed by atoms with Crippen molar-refractivity contribution in [3.05, 3.63) is 78.1 Å². The molecule has 3 aliphatic rings. The fourth-order valence-electron chi connectivity index (χ4n) is 6.06. The molecule has 5 heterocycles. The van der Waals surface area contributed by atoms with Gasteiger partial charge in [0.05, 0.1) is 24.4 Å². The molecule has 0 spiro atoms. The fraction of sp³-hybridized carbons (Fsp3) is 0.462. The zero-order valence-corrected chi connectivity index (χ0v) is 33.6. The van der Waals surface area contributed by atoms with E-state index in [2.05, 4.69) is 57.0 Å². The minimum Gasteiger partial charge on any atom is -0.489 e. The Balaban J connectivity index is 0.000000648. The van der Waals surface area contributed by atoms with Crippen LogP contribution in [-0.4, -0.2) is 75.9 Å². The smallest absolute Gasteiger partial charge is 0.150 e. The number of nitrogens with zero attached hydrogens (tertiary/aromatic N) is 5. The molecular weight excluding hydrogens is 816 g/mol. The van der Waals surface area contributed by atoms with Gasteiger partial charge >= 0.3 is 0 Å². The van der Waals surface area contributed by atoms with Gasteiger partial charge in [-0.05, 0) is 100 Å². The van der Waals surface area contributed by atoms with Crippen LogP contribution >= 0.6 is 11.9 Å². The number of rotatable bonds is 7. The van der Waals surface area contributed by atoms with Crippen molar-refractivity contribution in [2.75, 3.05) is 32.8 Å². The standard InChI is InChI=1S/C33H34N6O2S.C4H10O.C2H6.W/c34-18-24-16-23(6-7-32(24)41-28-10-14-40-15-11-28)31-22-39(42-29-4-2-1-3-5-29)33-30(31)17-25(19-36-33)26-20-37-38(21-26)27-8-12-35-13-9-27;1-4(2,3)5;1-2;/h1-7,16-17,19-20,22,26-28,35H,8-15,21H2;5H,1-3H3;1-2H3;. The number of ether oxygens (including phenoxy) is 2. The van der Waals surface area contributed by atoms with Crippen molar-refractivity contribution < 1.29 is 35.6 Å². The van der Waals surface area contributed by atoms with E-state index in [4.69, 9.17) is 24.7 Å². The Morgan fingerprint density at radius 2 is 1.72 bits per heavy atom. The Kier molecular flexibility index (Phi) is 14.9. The van der Waals surface area contributed by atoms with E-state index in [9.17, 15) is 5.26 Å². The first-order chi connectivity index (χ1) is 23.7. The van der Waals surface area contributed by atoms with Crippen LogP contribution in [0.2, 0.25) is 0 Å². The molecule has 2 aromatic heterocycles. The quantitative estimate of drug-likeness (QED) is 0.196. The molecule has 0 aliphatic carbocycles. The molecule has 2 aromatic carbocycles. The van der Waals surface area contributed by atoms with Crippen molar-refractivity contribution >= 4 is 29.2 Å². The molecule has 4 aromatic rings. The third kappa shape index (κ3) is 10.7. The van der Waals surface area contributed by atoms with Crippen LogP contribution in [0, 0.1) is 11.3 Å².